The van der Waals surface area contributed by atoms with Gasteiger partial charge in [-0.25, -0.2) is 0 Å². The number of alkyl halides is 1. The van der Waals surface area contributed by atoms with Gasteiger partial charge in [0.15, 0.2) is 6.61 Å². The molecule has 4 nitrogen and oxygen atoms in total. The molecule has 0 aromatic rings. The van der Waals surface area contributed by atoms with Crippen molar-refractivity contribution in [2.45, 2.75) is 19.4 Å². The maximum atomic E-state index is 11.1. The van der Waals surface area contributed by atoms with Crippen LogP contribution in [0.3, 0.4) is 0 Å². The number of hydrogen-bond acceptors (Lipinski definition) is 3. The first-order chi connectivity index (χ1) is 6.41. The predicted molar refractivity (Wildman–Crippen MR) is 52.7 cm³/mol. The summed E-state index contributed by atoms with van der Waals surface area (Å²) in [4.78, 5) is 21.7. The van der Waals surface area contributed by atoms with Crippen molar-refractivity contribution in [3.8, 4) is 12.3 Å². The summed E-state index contributed by atoms with van der Waals surface area (Å²) < 4.78 is 4.49. The van der Waals surface area contributed by atoms with Gasteiger partial charge in [-0.1, -0.05) is 5.92 Å². The van der Waals surface area contributed by atoms with Gasteiger partial charge >= 0.3 is 5.97 Å². The molecule has 5 heteroatoms. The summed E-state index contributed by atoms with van der Waals surface area (Å²) in [7, 11) is 0. The van der Waals surface area contributed by atoms with Gasteiger partial charge in [-0.05, 0) is 13.8 Å². The maximum Gasteiger partial charge on any atom is 0.321 e. The molecule has 0 aliphatic rings. The molecule has 0 unspecified atom stereocenters. The van der Waals surface area contributed by atoms with E-state index in [1.54, 1.807) is 13.8 Å². The summed E-state index contributed by atoms with van der Waals surface area (Å²) in [5.74, 6) is 1.01. The van der Waals surface area contributed by atoms with Crippen molar-refractivity contribution >= 4 is 23.5 Å². The molecule has 0 aliphatic carbocycles. The fourth-order valence-corrected chi connectivity index (χ4v) is 0.682. The van der Waals surface area contributed by atoms with E-state index in [4.69, 9.17) is 18.0 Å². The van der Waals surface area contributed by atoms with Crippen molar-refractivity contribution in [3.05, 3.63) is 0 Å². The van der Waals surface area contributed by atoms with Crippen LogP contribution in [0.25, 0.3) is 0 Å². The lowest BCUT2D eigenvalue weighted by molar-refractivity contribution is -0.146. The minimum atomic E-state index is -0.746. The zero-order valence-corrected chi connectivity index (χ0v) is 8.85. The lowest BCUT2D eigenvalue weighted by Crippen LogP contribution is -2.44. The molecule has 0 heterocycles. The first-order valence-corrected chi connectivity index (χ1v) is 4.45. The van der Waals surface area contributed by atoms with E-state index in [2.05, 4.69) is 16.0 Å². The van der Waals surface area contributed by atoms with Crippen molar-refractivity contribution in [1.29, 1.82) is 0 Å². The Morgan fingerprint density at radius 3 is 2.57 bits per heavy atom. The number of halogens is 1. The van der Waals surface area contributed by atoms with Gasteiger partial charge in [-0.2, -0.15) is 0 Å². The fraction of sp³-hybridized carbons (Fsp3) is 0.556. The average Bonchev–Trinajstić information content (AvgIpc) is 2.13. The molecule has 0 radical (unpaired) electrons. The van der Waals surface area contributed by atoms with Gasteiger partial charge in [0.2, 0.25) is 0 Å². The van der Waals surface area contributed by atoms with Crippen LogP contribution >= 0.6 is 11.6 Å². The van der Waals surface area contributed by atoms with Crippen LogP contribution in [0.1, 0.15) is 13.8 Å². The Balaban J connectivity index is 3.90. The highest BCUT2D eigenvalue weighted by atomic mass is 35.5. The van der Waals surface area contributed by atoms with Gasteiger partial charge in [-0.3, -0.25) is 9.59 Å². The van der Waals surface area contributed by atoms with Gasteiger partial charge in [0.1, 0.15) is 5.88 Å². The highest BCUT2D eigenvalue weighted by Gasteiger charge is 2.17. The largest absolute Gasteiger partial charge is 0.455 e. The lowest BCUT2D eigenvalue weighted by Gasteiger charge is -2.19. The highest BCUT2D eigenvalue weighted by molar-refractivity contribution is 6.26. The molecule has 0 saturated heterocycles. The van der Waals surface area contributed by atoms with Crippen molar-refractivity contribution in [2.24, 2.45) is 0 Å². The van der Waals surface area contributed by atoms with Crippen molar-refractivity contribution in [2.75, 3.05) is 12.5 Å². The topological polar surface area (TPSA) is 55.4 Å². The van der Waals surface area contributed by atoms with E-state index in [0.717, 1.165) is 0 Å². The van der Waals surface area contributed by atoms with Crippen LogP contribution in [0.2, 0.25) is 0 Å². The minimum absolute atomic E-state index is 0.272. The van der Waals surface area contributed by atoms with Crippen LogP contribution < -0.4 is 5.32 Å². The molecule has 0 aliphatic heterocycles. The number of terminal acetylenes is 1. The maximum absolute atomic E-state index is 11.1. The Morgan fingerprint density at radius 2 is 2.14 bits per heavy atom. The van der Waals surface area contributed by atoms with Gasteiger partial charge in [0.25, 0.3) is 5.91 Å². The molecule has 1 amide bonds. The number of nitrogens with one attached hydrogen (secondary N) is 1. The Morgan fingerprint density at radius 1 is 1.57 bits per heavy atom. The number of amides is 1. The second-order valence-electron chi connectivity index (χ2n) is 3.11. The molecule has 0 fully saturated rings. The number of carbonyl (C=O) groups is 2. The molecule has 0 rings (SSSR count). The molecule has 0 atom stereocenters. The molecule has 0 spiro atoms. The third kappa shape index (κ3) is 5.44. The number of carbonyl (C=O) groups excluding carboxylic acids is 2. The molecule has 14 heavy (non-hydrogen) atoms. The molecule has 1 N–H and O–H groups in total. The Bertz CT molecular complexity index is 268. The van der Waals surface area contributed by atoms with E-state index in [1.165, 1.54) is 0 Å². The quantitative estimate of drug-likeness (QED) is 0.419. The standard InChI is InChI=1S/C9H12ClNO3/c1-4-9(2,3)11-7(12)6-14-8(13)5-10/h1H,5-6H2,2-3H3,(H,11,12). The molecular formula is C9H12ClNO3. The van der Waals surface area contributed by atoms with E-state index in [-0.39, 0.29) is 12.5 Å². The van der Waals surface area contributed by atoms with Gasteiger partial charge < -0.3 is 10.1 Å². The van der Waals surface area contributed by atoms with E-state index in [0.29, 0.717) is 0 Å². The molecule has 0 bridgehead atoms. The Labute approximate surface area is 87.9 Å². The summed E-state index contributed by atoms with van der Waals surface area (Å²) in [6.07, 6.45) is 5.14. The zero-order chi connectivity index (χ0) is 11.2. The van der Waals surface area contributed by atoms with Crippen LogP contribution in [0.5, 0.6) is 0 Å². The second kappa shape index (κ2) is 5.51. The van der Waals surface area contributed by atoms with Crippen LogP contribution in [-0.4, -0.2) is 29.9 Å². The lowest BCUT2D eigenvalue weighted by atomic mass is 10.1. The monoisotopic (exact) mass is 217 g/mol. The fourth-order valence-electron chi connectivity index (χ4n) is 0.605. The zero-order valence-electron chi connectivity index (χ0n) is 8.09. The molecule has 0 aromatic heterocycles. The van der Waals surface area contributed by atoms with E-state index in [1.807, 2.05) is 0 Å². The van der Waals surface area contributed by atoms with E-state index < -0.39 is 17.4 Å². The SMILES string of the molecule is C#CC(C)(C)NC(=O)COC(=O)CCl. The smallest absolute Gasteiger partial charge is 0.321 e. The average molecular weight is 218 g/mol. The number of ether oxygens (including phenoxy) is 1. The van der Waals surface area contributed by atoms with E-state index in [9.17, 15) is 9.59 Å². The van der Waals surface area contributed by atoms with Gasteiger partial charge in [-0.15, -0.1) is 18.0 Å². The number of esters is 1. The summed E-state index contributed by atoms with van der Waals surface area (Å²) in [6, 6.07) is 0. The van der Waals surface area contributed by atoms with E-state index >= 15 is 0 Å². The minimum Gasteiger partial charge on any atom is -0.455 e. The molecular weight excluding hydrogens is 206 g/mol. The van der Waals surface area contributed by atoms with Crippen LogP contribution in [0, 0.1) is 12.3 Å². The van der Waals surface area contributed by atoms with Crippen LogP contribution in [0.4, 0.5) is 0 Å². The van der Waals surface area contributed by atoms with Crippen LogP contribution in [0.15, 0.2) is 0 Å². The van der Waals surface area contributed by atoms with Crippen molar-refractivity contribution < 1.29 is 14.3 Å². The predicted octanol–water partition coefficient (Wildman–Crippen LogP) is 0.296. The molecule has 0 aromatic carbocycles. The first-order valence-electron chi connectivity index (χ1n) is 3.91. The number of rotatable bonds is 4. The highest BCUT2D eigenvalue weighted by Crippen LogP contribution is 1.98. The second-order valence-corrected chi connectivity index (χ2v) is 3.38. The van der Waals surface area contributed by atoms with Crippen molar-refractivity contribution in [1.82, 2.24) is 5.32 Å². The summed E-state index contributed by atoms with van der Waals surface area (Å²) in [6.45, 7) is 2.96. The first kappa shape index (κ1) is 12.8. The Kier molecular flexibility index (Phi) is 5.03. The normalized spacial score (nSPS) is 10.1. The summed E-state index contributed by atoms with van der Waals surface area (Å²) in [5.41, 5.74) is -0.746. The number of hydrogen-bond donors (Lipinski definition) is 1. The third-order valence-electron chi connectivity index (χ3n) is 1.29. The van der Waals surface area contributed by atoms with Crippen LogP contribution in [-0.2, 0) is 14.3 Å². The molecule has 78 valence electrons. The Hall–Kier alpha value is -1.21. The summed E-state index contributed by atoms with van der Waals surface area (Å²) in [5, 5.41) is 2.49. The third-order valence-corrected chi connectivity index (χ3v) is 1.50. The van der Waals surface area contributed by atoms with Crippen molar-refractivity contribution in [3.63, 3.8) is 0 Å². The van der Waals surface area contributed by atoms with Gasteiger partial charge in [0, 0.05) is 0 Å². The summed E-state index contributed by atoms with van der Waals surface area (Å²) >= 11 is 5.16. The molecule has 0 saturated carbocycles. The van der Waals surface area contributed by atoms with Gasteiger partial charge in [0.05, 0.1) is 5.54 Å².